The predicted molar refractivity (Wildman–Crippen MR) is 225 cm³/mol. The van der Waals surface area contributed by atoms with E-state index in [0.29, 0.717) is 140 Å². The van der Waals surface area contributed by atoms with E-state index in [2.05, 4.69) is 20.8 Å². The quantitative estimate of drug-likeness (QED) is 0.0920. The van der Waals surface area contributed by atoms with Gasteiger partial charge in [-0.05, 0) is 65.0 Å². The van der Waals surface area contributed by atoms with Gasteiger partial charge in [-0.15, -0.1) is 10.2 Å². The number of carbonyl (C=O) groups excluding carboxylic acids is 2. The van der Waals surface area contributed by atoms with Crippen molar-refractivity contribution in [3.8, 4) is 11.4 Å². The van der Waals surface area contributed by atoms with Crippen LogP contribution in [-0.2, 0) is 42.7 Å². The summed E-state index contributed by atoms with van der Waals surface area (Å²) in [5.41, 5.74) is 2.68. The molecule has 0 fully saturated rings. The summed E-state index contributed by atoms with van der Waals surface area (Å²) in [6, 6.07) is 12.7. The maximum absolute atomic E-state index is 12.7. The fourth-order valence-corrected chi connectivity index (χ4v) is 5.89. The van der Waals surface area contributed by atoms with Crippen molar-refractivity contribution in [3.63, 3.8) is 0 Å². The number of aryl methyl sites for hydroxylation is 1. The molecule has 2 heterocycles. The molecular formula is C42H61ClN6O11. The van der Waals surface area contributed by atoms with Crippen molar-refractivity contribution in [2.24, 2.45) is 4.99 Å². The van der Waals surface area contributed by atoms with Gasteiger partial charge in [-0.25, -0.2) is 4.79 Å². The highest BCUT2D eigenvalue weighted by Gasteiger charge is 2.30. The van der Waals surface area contributed by atoms with Crippen molar-refractivity contribution in [3.05, 3.63) is 70.3 Å². The third-order valence-electron chi connectivity index (χ3n) is 8.41. The molecule has 2 N–H and O–H groups in total. The molecule has 0 bridgehead atoms. The summed E-state index contributed by atoms with van der Waals surface area (Å²) in [6.07, 6.45) is -0.336. The minimum atomic E-state index is -0.556. The molecule has 0 unspecified atom stereocenters. The molecule has 18 heteroatoms. The number of benzene rings is 2. The molecule has 1 aliphatic heterocycles. The number of halogens is 1. The predicted octanol–water partition coefficient (Wildman–Crippen LogP) is 4.67. The maximum Gasteiger partial charge on any atom is 0.407 e. The topological polar surface area (TPSA) is 184 Å². The van der Waals surface area contributed by atoms with Gasteiger partial charge in [-0.2, -0.15) is 0 Å². The van der Waals surface area contributed by atoms with Gasteiger partial charge in [-0.3, -0.25) is 14.4 Å². The Morgan fingerprint density at radius 1 is 0.717 bits per heavy atom. The average molecular weight is 861 g/mol. The molecule has 0 aliphatic carbocycles. The van der Waals surface area contributed by atoms with Gasteiger partial charge >= 0.3 is 6.09 Å². The first-order valence-electron chi connectivity index (χ1n) is 20.4. The zero-order valence-corrected chi connectivity index (χ0v) is 36.3. The first kappa shape index (κ1) is 48.5. The molecule has 1 aliphatic rings. The Morgan fingerprint density at radius 2 is 1.25 bits per heavy atom. The summed E-state index contributed by atoms with van der Waals surface area (Å²) >= 11 is 6.23. The van der Waals surface area contributed by atoms with Gasteiger partial charge in [-0.1, -0.05) is 23.7 Å². The Bertz CT molecular complexity index is 1750. The summed E-state index contributed by atoms with van der Waals surface area (Å²) in [5.74, 6) is 1.80. The number of aromatic nitrogens is 3. The fraction of sp³-hybridized carbons (Fsp3) is 0.595. The molecule has 3 aromatic rings. The van der Waals surface area contributed by atoms with Crippen molar-refractivity contribution in [1.29, 1.82) is 0 Å². The van der Waals surface area contributed by atoms with Gasteiger partial charge in [0, 0.05) is 29.2 Å². The summed E-state index contributed by atoms with van der Waals surface area (Å²) in [4.78, 5) is 29.4. The van der Waals surface area contributed by atoms with Crippen LogP contribution in [0.1, 0.15) is 62.9 Å². The Hall–Kier alpha value is -4.20. The minimum Gasteiger partial charge on any atom is -0.491 e. The summed E-state index contributed by atoms with van der Waals surface area (Å²) < 4.78 is 52.0. The highest BCUT2D eigenvalue weighted by molar-refractivity contribution is 6.30. The molecule has 4 rings (SSSR count). The molecule has 2 aromatic carbocycles. The van der Waals surface area contributed by atoms with Gasteiger partial charge in [0.1, 0.15) is 29.8 Å². The van der Waals surface area contributed by atoms with Crippen molar-refractivity contribution in [2.45, 2.75) is 52.7 Å². The highest BCUT2D eigenvalue weighted by Crippen LogP contribution is 2.34. The number of hydrogen-bond donors (Lipinski definition) is 2. The molecular weight excluding hydrogens is 800 g/mol. The number of nitrogens with zero attached hydrogens (tertiary/aromatic N) is 4. The summed E-state index contributed by atoms with van der Waals surface area (Å²) in [5, 5.41) is 14.9. The van der Waals surface area contributed by atoms with Gasteiger partial charge in [0.2, 0.25) is 5.91 Å². The Balaban J connectivity index is 1.02. The lowest BCUT2D eigenvalue weighted by Crippen LogP contribution is -2.34. The lowest BCUT2D eigenvalue weighted by atomic mass is 10.00. The second-order valence-electron chi connectivity index (χ2n) is 14.3. The fourth-order valence-electron chi connectivity index (χ4n) is 5.76. The normalized spacial score (nSPS) is 13.6. The number of fused-ring (bicyclic) bond motifs is 3. The van der Waals surface area contributed by atoms with Crippen LogP contribution in [0.5, 0.6) is 5.75 Å². The number of hydrogen-bond acceptors (Lipinski definition) is 14. The zero-order valence-electron chi connectivity index (χ0n) is 35.5. The van der Waals surface area contributed by atoms with Crippen LogP contribution >= 0.6 is 11.6 Å². The van der Waals surface area contributed by atoms with Crippen molar-refractivity contribution >= 4 is 29.3 Å². The van der Waals surface area contributed by atoms with Crippen LogP contribution in [-0.4, -0.2) is 150 Å². The first-order valence-corrected chi connectivity index (χ1v) is 20.7. The van der Waals surface area contributed by atoms with Crippen molar-refractivity contribution in [2.75, 3.05) is 112 Å². The van der Waals surface area contributed by atoms with Crippen LogP contribution in [0.4, 0.5) is 4.79 Å². The van der Waals surface area contributed by atoms with E-state index in [1.807, 2.05) is 81.7 Å². The zero-order chi connectivity index (χ0) is 43.0. The number of carbonyl (C=O) groups is 2. The van der Waals surface area contributed by atoms with Crippen LogP contribution < -0.4 is 15.4 Å². The molecule has 0 radical (unpaired) electrons. The maximum atomic E-state index is 12.7. The minimum absolute atomic E-state index is 0.119. The number of alkyl carbamates (subject to hydrolysis) is 1. The second-order valence-corrected chi connectivity index (χ2v) is 14.8. The molecule has 0 saturated carbocycles. The van der Waals surface area contributed by atoms with Crippen molar-refractivity contribution < 1.29 is 52.2 Å². The van der Waals surface area contributed by atoms with E-state index in [1.54, 1.807) is 0 Å². The van der Waals surface area contributed by atoms with E-state index in [0.717, 1.165) is 16.8 Å². The molecule has 0 spiro atoms. The van der Waals surface area contributed by atoms with Crippen molar-refractivity contribution in [1.82, 2.24) is 25.4 Å². The van der Waals surface area contributed by atoms with E-state index in [9.17, 15) is 9.59 Å². The Labute approximate surface area is 357 Å². The Kier molecular flexibility index (Phi) is 21.7. The Morgan fingerprint density at radius 3 is 1.78 bits per heavy atom. The highest BCUT2D eigenvalue weighted by atomic mass is 35.5. The molecule has 1 aromatic heterocycles. The van der Waals surface area contributed by atoms with Crippen LogP contribution in [0.3, 0.4) is 0 Å². The number of nitrogens with one attached hydrogen (secondary N) is 2. The lowest BCUT2D eigenvalue weighted by molar-refractivity contribution is -0.121. The third-order valence-corrected chi connectivity index (χ3v) is 8.66. The molecule has 0 saturated heterocycles. The molecule has 60 heavy (non-hydrogen) atoms. The molecule has 17 nitrogen and oxygen atoms in total. The summed E-state index contributed by atoms with van der Waals surface area (Å²) in [7, 11) is 0. The number of rotatable bonds is 29. The second kappa shape index (κ2) is 26.9. The number of ether oxygens (including phenoxy) is 9. The molecule has 1 atom stereocenters. The third kappa shape index (κ3) is 17.8. The van der Waals surface area contributed by atoms with E-state index in [4.69, 9.17) is 59.2 Å². The summed E-state index contributed by atoms with van der Waals surface area (Å²) in [6.45, 7) is 16.5. The molecule has 2 amide bonds. The lowest BCUT2D eigenvalue weighted by Gasteiger charge is -2.19. The van der Waals surface area contributed by atoms with Gasteiger partial charge in [0.25, 0.3) is 0 Å². The average Bonchev–Trinajstić information content (AvgIpc) is 3.53. The van der Waals surface area contributed by atoms with Crippen LogP contribution in [0.15, 0.2) is 47.5 Å². The van der Waals surface area contributed by atoms with Crippen LogP contribution in [0.25, 0.3) is 5.69 Å². The van der Waals surface area contributed by atoms with Gasteiger partial charge in [0.15, 0.2) is 5.82 Å². The number of amides is 2. The van der Waals surface area contributed by atoms with Crippen LogP contribution in [0, 0.1) is 6.92 Å². The molecule has 332 valence electrons. The van der Waals surface area contributed by atoms with Crippen LogP contribution in [0.2, 0.25) is 5.02 Å². The largest absolute Gasteiger partial charge is 0.491 e. The monoisotopic (exact) mass is 860 g/mol. The van der Waals surface area contributed by atoms with E-state index in [-0.39, 0.29) is 12.3 Å². The van der Waals surface area contributed by atoms with E-state index < -0.39 is 17.7 Å². The number of aliphatic imine (C=N–C) groups is 1. The SMILES string of the molecule is CCNC(=O)C[C@@H]1N=C(c2ccc(Cl)cc2)c2cc(OCCOCCOCCOCCOCCOCCOCCOCCNC(=O)OC(C)(C)C)ccc2-n2c(C)nnc21. The first-order chi connectivity index (χ1) is 29.1. The smallest absolute Gasteiger partial charge is 0.407 e. The standard InChI is InChI=1S/C42H61ClN6O11/c1-6-44-38(50)30-36-40-48-47-31(2)49(40)37-12-11-34(29-35(37)39(46-36)32-7-9-33(43)10-8-32)59-28-27-58-26-25-57-24-23-56-22-21-55-20-19-54-18-17-53-16-15-52-14-13-45-41(51)60-42(3,4)5/h7-12,29,36H,6,13-28,30H2,1-5H3,(H,44,50)(H,45,51)/t36-/m0/s1. The van der Waals surface area contributed by atoms with Gasteiger partial charge in [0.05, 0.1) is 110 Å². The van der Waals surface area contributed by atoms with Gasteiger partial charge < -0.3 is 53.3 Å². The van der Waals surface area contributed by atoms with E-state index in [1.165, 1.54) is 0 Å². The van der Waals surface area contributed by atoms with E-state index >= 15 is 0 Å².